The van der Waals surface area contributed by atoms with E-state index in [1.165, 1.54) is 25.1 Å². The lowest BCUT2D eigenvalue weighted by Crippen LogP contribution is -2.30. The van der Waals surface area contributed by atoms with Gasteiger partial charge in [0.2, 0.25) is 0 Å². The van der Waals surface area contributed by atoms with Crippen molar-refractivity contribution in [3.8, 4) is 5.75 Å². The molecule has 0 bridgehead atoms. The van der Waals surface area contributed by atoms with Gasteiger partial charge in [0.15, 0.2) is 6.10 Å². The molecule has 7 nitrogen and oxygen atoms in total. The Kier molecular flexibility index (Phi) is 6.64. The average molecular weight is 393 g/mol. The van der Waals surface area contributed by atoms with Gasteiger partial charge in [-0.15, -0.1) is 0 Å². The van der Waals surface area contributed by atoms with Gasteiger partial charge >= 0.3 is 11.9 Å². The van der Waals surface area contributed by atoms with Crippen molar-refractivity contribution in [3.63, 3.8) is 0 Å². The standard InChI is InChI=1S/C19H17F2NO6/c1-10(17(23)22-16-9-13(20)4-5-15(16)21)28-14-7-11(18(24)26-2)6-12(8-14)19(25)27-3/h4-10H,1-3H3,(H,22,23)/t10-/m0/s1. The highest BCUT2D eigenvalue weighted by Gasteiger charge is 2.20. The zero-order valence-corrected chi connectivity index (χ0v) is 15.2. The van der Waals surface area contributed by atoms with Crippen molar-refractivity contribution in [3.05, 3.63) is 59.2 Å². The number of halogens is 2. The highest BCUT2D eigenvalue weighted by Crippen LogP contribution is 2.21. The van der Waals surface area contributed by atoms with Crippen LogP contribution in [-0.4, -0.2) is 38.2 Å². The van der Waals surface area contributed by atoms with Gasteiger partial charge in [-0.1, -0.05) is 0 Å². The van der Waals surface area contributed by atoms with Gasteiger partial charge in [-0.2, -0.15) is 0 Å². The summed E-state index contributed by atoms with van der Waals surface area (Å²) in [6.45, 7) is 1.36. The lowest BCUT2D eigenvalue weighted by atomic mass is 10.1. The fourth-order valence-corrected chi connectivity index (χ4v) is 2.22. The number of rotatable bonds is 6. The van der Waals surface area contributed by atoms with Gasteiger partial charge in [0.25, 0.3) is 5.91 Å². The predicted molar refractivity (Wildman–Crippen MR) is 94.2 cm³/mol. The SMILES string of the molecule is COC(=O)c1cc(O[C@@H](C)C(=O)Nc2cc(F)ccc2F)cc(C(=O)OC)c1. The molecule has 0 fully saturated rings. The number of benzene rings is 2. The Morgan fingerprint density at radius 1 is 0.929 bits per heavy atom. The summed E-state index contributed by atoms with van der Waals surface area (Å²) in [4.78, 5) is 35.8. The molecule has 1 amide bonds. The predicted octanol–water partition coefficient (Wildman–Crippen LogP) is 2.94. The minimum Gasteiger partial charge on any atom is -0.481 e. The number of carbonyl (C=O) groups is 3. The van der Waals surface area contributed by atoms with Crippen LogP contribution >= 0.6 is 0 Å². The first-order chi connectivity index (χ1) is 13.2. The summed E-state index contributed by atoms with van der Waals surface area (Å²) in [6.07, 6.45) is -1.17. The number of anilines is 1. The molecule has 1 atom stereocenters. The van der Waals surface area contributed by atoms with Crippen LogP contribution in [0, 0.1) is 11.6 Å². The average Bonchev–Trinajstić information content (AvgIpc) is 2.68. The Bertz CT molecular complexity index is 881. The molecule has 0 aliphatic carbocycles. The fourth-order valence-electron chi connectivity index (χ4n) is 2.22. The summed E-state index contributed by atoms with van der Waals surface area (Å²) < 4.78 is 41.5. The lowest BCUT2D eigenvalue weighted by molar-refractivity contribution is -0.122. The second-order valence-corrected chi connectivity index (χ2v) is 5.60. The van der Waals surface area contributed by atoms with Gasteiger partial charge in [0.1, 0.15) is 17.4 Å². The van der Waals surface area contributed by atoms with Gasteiger partial charge in [0, 0.05) is 6.07 Å². The van der Waals surface area contributed by atoms with Gasteiger partial charge < -0.3 is 19.5 Å². The Morgan fingerprint density at radius 2 is 1.50 bits per heavy atom. The quantitative estimate of drug-likeness (QED) is 0.759. The molecule has 0 unspecified atom stereocenters. The van der Waals surface area contributed by atoms with Crippen molar-refractivity contribution in [1.82, 2.24) is 0 Å². The number of ether oxygens (including phenoxy) is 3. The molecule has 0 spiro atoms. The van der Waals surface area contributed by atoms with E-state index in [1.807, 2.05) is 0 Å². The molecule has 0 heterocycles. The molecule has 9 heteroatoms. The largest absolute Gasteiger partial charge is 0.481 e. The number of nitrogens with one attached hydrogen (secondary N) is 1. The van der Waals surface area contributed by atoms with E-state index in [9.17, 15) is 23.2 Å². The summed E-state index contributed by atoms with van der Waals surface area (Å²) in [5.74, 6) is -3.76. The van der Waals surface area contributed by atoms with Crippen LogP contribution in [0.5, 0.6) is 5.75 Å². The molecule has 0 aliphatic rings. The summed E-state index contributed by atoms with van der Waals surface area (Å²) in [5.41, 5.74) is -0.340. The summed E-state index contributed by atoms with van der Waals surface area (Å²) in [6, 6.07) is 6.40. The van der Waals surface area contributed by atoms with Crippen molar-refractivity contribution in [2.24, 2.45) is 0 Å². The molecule has 2 aromatic carbocycles. The van der Waals surface area contributed by atoms with Crippen LogP contribution < -0.4 is 10.1 Å². The maximum absolute atomic E-state index is 13.7. The van der Waals surface area contributed by atoms with E-state index in [1.54, 1.807) is 0 Å². The van der Waals surface area contributed by atoms with Crippen LogP contribution in [0.2, 0.25) is 0 Å². The summed E-state index contributed by atoms with van der Waals surface area (Å²) in [7, 11) is 2.33. The number of carbonyl (C=O) groups excluding carboxylic acids is 3. The topological polar surface area (TPSA) is 90.9 Å². The van der Waals surface area contributed by atoms with Crippen LogP contribution in [0.1, 0.15) is 27.6 Å². The maximum atomic E-state index is 13.7. The van der Waals surface area contributed by atoms with Crippen LogP contribution in [0.3, 0.4) is 0 Å². The van der Waals surface area contributed by atoms with Crippen molar-refractivity contribution >= 4 is 23.5 Å². The minimum atomic E-state index is -1.17. The molecular formula is C19H17F2NO6. The van der Waals surface area contributed by atoms with Gasteiger partial charge in [0.05, 0.1) is 31.0 Å². The van der Waals surface area contributed by atoms with E-state index in [0.29, 0.717) is 0 Å². The summed E-state index contributed by atoms with van der Waals surface area (Å²) in [5, 5.41) is 2.21. The monoisotopic (exact) mass is 393 g/mol. The molecule has 0 aliphatic heterocycles. The fraction of sp³-hybridized carbons (Fsp3) is 0.211. The molecule has 28 heavy (non-hydrogen) atoms. The van der Waals surface area contributed by atoms with E-state index in [2.05, 4.69) is 14.8 Å². The second kappa shape index (κ2) is 8.94. The van der Waals surface area contributed by atoms with Crippen molar-refractivity contribution in [2.75, 3.05) is 19.5 Å². The number of esters is 2. The third kappa shape index (κ3) is 5.03. The normalized spacial score (nSPS) is 11.3. The van der Waals surface area contributed by atoms with E-state index in [0.717, 1.165) is 32.4 Å². The lowest BCUT2D eigenvalue weighted by Gasteiger charge is -2.16. The van der Waals surface area contributed by atoms with E-state index in [4.69, 9.17) is 4.74 Å². The molecule has 2 rings (SSSR count). The number of methoxy groups -OCH3 is 2. The smallest absolute Gasteiger partial charge is 0.338 e. The first kappa shape index (κ1) is 20.8. The highest BCUT2D eigenvalue weighted by molar-refractivity contribution is 5.96. The molecule has 2 aromatic rings. The van der Waals surface area contributed by atoms with E-state index >= 15 is 0 Å². The van der Waals surface area contributed by atoms with Crippen LogP contribution in [0.4, 0.5) is 14.5 Å². The van der Waals surface area contributed by atoms with E-state index in [-0.39, 0.29) is 22.6 Å². The number of hydrogen-bond donors (Lipinski definition) is 1. The highest BCUT2D eigenvalue weighted by atomic mass is 19.1. The molecule has 0 saturated carbocycles. The Balaban J connectivity index is 2.22. The van der Waals surface area contributed by atoms with Gasteiger partial charge in [-0.3, -0.25) is 4.79 Å². The molecule has 0 aromatic heterocycles. The van der Waals surface area contributed by atoms with Crippen LogP contribution in [0.25, 0.3) is 0 Å². The van der Waals surface area contributed by atoms with Crippen molar-refractivity contribution in [2.45, 2.75) is 13.0 Å². The first-order valence-electron chi connectivity index (χ1n) is 7.99. The molecular weight excluding hydrogens is 376 g/mol. The Morgan fingerprint density at radius 3 is 2.04 bits per heavy atom. The second-order valence-electron chi connectivity index (χ2n) is 5.60. The third-order valence-electron chi connectivity index (χ3n) is 3.62. The molecule has 1 N–H and O–H groups in total. The number of amides is 1. The Labute approximate surface area is 159 Å². The first-order valence-corrected chi connectivity index (χ1v) is 7.99. The minimum absolute atomic E-state index is 0.00387. The maximum Gasteiger partial charge on any atom is 0.338 e. The zero-order chi connectivity index (χ0) is 20.8. The van der Waals surface area contributed by atoms with E-state index < -0.39 is 35.6 Å². The van der Waals surface area contributed by atoms with Gasteiger partial charge in [-0.05, 0) is 37.3 Å². The zero-order valence-electron chi connectivity index (χ0n) is 15.2. The van der Waals surface area contributed by atoms with Crippen LogP contribution in [-0.2, 0) is 14.3 Å². The molecule has 0 saturated heterocycles. The molecule has 148 valence electrons. The molecule has 0 radical (unpaired) electrons. The van der Waals surface area contributed by atoms with Crippen LogP contribution in [0.15, 0.2) is 36.4 Å². The van der Waals surface area contributed by atoms with Crippen molar-refractivity contribution < 1.29 is 37.4 Å². The van der Waals surface area contributed by atoms with Crippen molar-refractivity contribution in [1.29, 1.82) is 0 Å². The third-order valence-corrected chi connectivity index (χ3v) is 3.62. The Hall–Kier alpha value is -3.49. The summed E-state index contributed by atoms with van der Waals surface area (Å²) >= 11 is 0. The number of hydrogen-bond acceptors (Lipinski definition) is 6. The van der Waals surface area contributed by atoms with Gasteiger partial charge in [-0.25, -0.2) is 18.4 Å².